The first-order valence-electron chi connectivity index (χ1n) is 11.3. The number of benzene rings is 2. The lowest BCUT2D eigenvalue weighted by Gasteiger charge is -2.37. The molecule has 0 spiro atoms. The fraction of sp³-hybridized carbons (Fsp3) is 0.259. The fourth-order valence-electron chi connectivity index (χ4n) is 4.17. The topological polar surface area (TPSA) is 59.1 Å². The lowest BCUT2D eigenvalue weighted by atomic mass is 10.0. The summed E-state index contributed by atoms with van der Waals surface area (Å²) >= 11 is 1.64. The third-order valence-electron chi connectivity index (χ3n) is 5.93. The molecule has 0 radical (unpaired) electrons. The van der Waals surface area contributed by atoms with Gasteiger partial charge in [0.25, 0.3) is 5.91 Å². The van der Waals surface area contributed by atoms with Gasteiger partial charge in [0.1, 0.15) is 18.9 Å². The molecule has 1 aromatic heterocycles. The van der Waals surface area contributed by atoms with Crippen molar-refractivity contribution in [2.24, 2.45) is 0 Å². The van der Waals surface area contributed by atoms with Gasteiger partial charge in [0.05, 0.1) is 13.2 Å². The molecule has 1 unspecified atom stereocenters. The van der Waals surface area contributed by atoms with E-state index in [1.54, 1.807) is 64.8 Å². The minimum Gasteiger partial charge on any atom is -0.497 e. The Morgan fingerprint density at radius 1 is 1.23 bits per heavy atom. The normalized spacial score (nSPS) is 14.7. The van der Waals surface area contributed by atoms with E-state index >= 15 is 0 Å². The number of rotatable bonds is 9. The second kappa shape index (κ2) is 11.2. The van der Waals surface area contributed by atoms with Gasteiger partial charge in [-0.25, -0.2) is 4.39 Å². The molecule has 0 bridgehead atoms. The Kier molecular flexibility index (Phi) is 7.82. The molecule has 0 N–H and O–H groups in total. The highest BCUT2D eigenvalue weighted by atomic mass is 32.1. The highest BCUT2D eigenvalue weighted by Crippen LogP contribution is 2.34. The molecule has 35 heavy (non-hydrogen) atoms. The van der Waals surface area contributed by atoms with Gasteiger partial charge in [-0.2, -0.15) is 0 Å². The maximum atomic E-state index is 14.1. The number of fused-ring (bicyclic) bond motifs is 1. The molecular weight excluding hydrogens is 467 g/mol. The summed E-state index contributed by atoms with van der Waals surface area (Å²) in [5.74, 6) is -0.241. The highest BCUT2D eigenvalue weighted by molar-refractivity contribution is 7.10. The summed E-state index contributed by atoms with van der Waals surface area (Å²) in [6.45, 7) is 4.45. The third kappa shape index (κ3) is 5.54. The minimum atomic E-state index is -0.451. The van der Waals surface area contributed by atoms with E-state index in [0.29, 0.717) is 17.9 Å². The molecule has 1 aliphatic heterocycles. The summed E-state index contributed by atoms with van der Waals surface area (Å²) in [6, 6.07) is 14.6. The maximum absolute atomic E-state index is 14.1. The Labute approximate surface area is 208 Å². The van der Waals surface area contributed by atoms with Gasteiger partial charge in [0, 0.05) is 23.5 Å². The van der Waals surface area contributed by atoms with Gasteiger partial charge in [0.15, 0.2) is 11.6 Å². The van der Waals surface area contributed by atoms with E-state index in [-0.39, 0.29) is 43.3 Å². The van der Waals surface area contributed by atoms with E-state index in [9.17, 15) is 14.0 Å². The van der Waals surface area contributed by atoms with Crippen LogP contribution in [0, 0.1) is 5.82 Å². The first-order valence-corrected chi connectivity index (χ1v) is 12.2. The molecular formula is C27H27FN2O4S. The summed E-state index contributed by atoms with van der Waals surface area (Å²) < 4.78 is 25.2. The lowest BCUT2D eigenvalue weighted by molar-refractivity contribution is -0.135. The Bertz CT molecular complexity index is 1210. The predicted octanol–water partition coefficient (Wildman–Crippen LogP) is 4.73. The van der Waals surface area contributed by atoms with Crippen molar-refractivity contribution in [2.75, 3.05) is 33.4 Å². The number of hydrogen-bond acceptors (Lipinski definition) is 5. The van der Waals surface area contributed by atoms with Crippen LogP contribution < -0.4 is 9.47 Å². The first kappa shape index (κ1) is 24.5. The number of carbonyl (C=O) groups excluding carboxylic acids is 2. The summed E-state index contributed by atoms with van der Waals surface area (Å²) in [6.07, 6.45) is 2.32. The molecule has 0 saturated carbocycles. The van der Waals surface area contributed by atoms with Crippen molar-refractivity contribution in [3.63, 3.8) is 0 Å². The first-order chi connectivity index (χ1) is 17.0. The van der Waals surface area contributed by atoms with E-state index in [0.717, 1.165) is 12.0 Å². The molecule has 6 nitrogen and oxygen atoms in total. The molecule has 2 heterocycles. The molecule has 8 heteroatoms. The van der Waals surface area contributed by atoms with Crippen LogP contribution in [0.15, 0.2) is 72.6 Å². The molecule has 1 atom stereocenters. The number of ether oxygens (including phenoxy) is 2. The van der Waals surface area contributed by atoms with Crippen molar-refractivity contribution in [1.82, 2.24) is 9.80 Å². The summed E-state index contributed by atoms with van der Waals surface area (Å²) in [5, 5.41) is 1.99. The van der Waals surface area contributed by atoms with E-state index in [1.165, 1.54) is 23.0 Å². The molecule has 4 rings (SSSR count). The number of nitrogens with zero attached hydrogens (tertiary/aromatic N) is 2. The standard InChI is InChI=1S/C27H27FN2O4S/c1-3-13-29(27(32)19-7-6-8-20(16-19)33-2)17-26(31)30-14-11-25-21(12-15-35-25)23(30)18-34-24-10-5-4-9-22(24)28/h3-10,12,15-16,23H,1,11,13-14,17-18H2,2H3. The van der Waals surface area contributed by atoms with Gasteiger partial charge < -0.3 is 19.3 Å². The van der Waals surface area contributed by atoms with Crippen molar-refractivity contribution < 1.29 is 23.5 Å². The van der Waals surface area contributed by atoms with Crippen molar-refractivity contribution in [2.45, 2.75) is 12.5 Å². The Morgan fingerprint density at radius 3 is 2.83 bits per heavy atom. The SMILES string of the molecule is C=CCN(CC(=O)N1CCc2sccc2C1COc1ccccc1F)C(=O)c1cccc(OC)c1. The molecule has 2 amide bonds. The average Bonchev–Trinajstić information content (AvgIpc) is 3.36. The summed E-state index contributed by atoms with van der Waals surface area (Å²) in [7, 11) is 1.53. The van der Waals surface area contributed by atoms with E-state index in [2.05, 4.69) is 6.58 Å². The highest BCUT2D eigenvalue weighted by Gasteiger charge is 2.33. The molecule has 0 saturated heterocycles. The second-order valence-corrected chi connectivity index (χ2v) is 9.10. The van der Waals surface area contributed by atoms with Gasteiger partial charge in [0.2, 0.25) is 5.91 Å². The van der Waals surface area contributed by atoms with Crippen LogP contribution in [-0.4, -0.2) is 55.0 Å². The number of amides is 2. The number of thiophene rings is 1. The number of carbonyl (C=O) groups is 2. The van der Waals surface area contributed by atoms with Gasteiger partial charge in [-0.3, -0.25) is 9.59 Å². The van der Waals surface area contributed by atoms with E-state index < -0.39 is 5.82 Å². The Balaban J connectivity index is 1.53. The largest absolute Gasteiger partial charge is 0.497 e. The summed E-state index contributed by atoms with van der Waals surface area (Å²) in [5.41, 5.74) is 1.43. The fourth-order valence-corrected chi connectivity index (χ4v) is 5.10. The second-order valence-electron chi connectivity index (χ2n) is 8.10. The predicted molar refractivity (Wildman–Crippen MR) is 133 cm³/mol. The molecule has 3 aromatic rings. The third-order valence-corrected chi connectivity index (χ3v) is 6.92. The number of para-hydroxylation sites is 1. The van der Waals surface area contributed by atoms with Gasteiger partial charge in [-0.05, 0) is 53.8 Å². The molecule has 0 fully saturated rings. The number of halogens is 1. The number of methoxy groups -OCH3 is 1. The molecule has 1 aliphatic rings. The van der Waals surface area contributed by atoms with Gasteiger partial charge in [-0.1, -0.05) is 24.3 Å². The van der Waals surface area contributed by atoms with Crippen LogP contribution in [0.5, 0.6) is 11.5 Å². The minimum absolute atomic E-state index is 0.113. The zero-order valence-electron chi connectivity index (χ0n) is 19.5. The van der Waals surface area contributed by atoms with Crippen LogP contribution in [0.25, 0.3) is 0 Å². The zero-order valence-corrected chi connectivity index (χ0v) is 20.3. The monoisotopic (exact) mass is 494 g/mol. The Morgan fingerprint density at radius 2 is 2.06 bits per heavy atom. The van der Waals surface area contributed by atoms with Crippen LogP contribution in [0.2, 0.25) is 0 Å². The van der Waals surface area contributed by atoms with Crippen molar-refractivity contribution in [1.29, 1.82) is 0 Å². The van der Waals surface area contributed by atoms with Gasteiger partial charge in [-0.15, -0.1) is 17.9 Å². The van der Waals surface area contributed by atoms with Crippen LogP contribution >= 0.6 is 11.3 Å². The number of hydrogen-bond donors (Lipinski definition) is 0. The van der Waals surface area contributed by atoms with Crippen LogP contribution in [-0.2, 0) is 11.2 Å². The molecule has 182 valence electrons. The molecule has 2 aromatic carbocycles. The smallest absolute Gasteiger partial charge is 0.254 e. The van der Waals surface area contributed by atoms with Crippen molar-refractivity contribution in [3.8, 4) is 11.5 Å². The zero-order chi connectivity index (χ0) is 24.8. The van der Waals surface area contributed by atoms with Crippen molar-refractivity contribution in [3.05, 3.63) is 94.5 Å². The average molecular weight is 495 g/mol. The van der Waals surface area contributed by atoms with Gasteiger partial charge >= 0.3 is 0 Å². The lowest BCUT2D eigenvalue weighted by Crippen LogP contribution is -2.47. The van der Waals surface area contributed by atoms with Crippen LogP contribution in [0.4, 0.5) is 4.39 Å². The van der Waals surface area contributed by atoms with Crippen LogP contribution in [0.1, 0.15) is 26.8 Å². The van der Waals surface area contributed by atoms with Crippen LogP contribution in [0.3, 0.4) is 0 Å². The maximum Gasteiger partial charge on any atom is 0.254 e. The van der Waals surface area contributed by atoms with E-state index in [1.807, 2.05) is 11.4 Å². The quantitative estimate of drug-likeness (QED) is 0.404. The van der Waals surface area contributed by atoms with E-state index in [4.69, 9.17) is 9.47 Å². The molecule has 0 aliphatic carbocycles. The van der Waals surface area contributed by atoms with Crippen molar-refractivity contribution >= 4 is 23.2 Å². The summed E-state index contributed by atoms with van der Waals surface area (Å²) in [4.78, 5) is 31.1. The Hall–Kier alpha value is -3.65.